The number of nitro benzene ring substituents is 1. The molecule has 0 spiro atoms. The summed E-state index contributed by atoms with van der Waals surface area (Å²) in [6, 6.07) is 19.9. The number of carbonyl (C=O) groups excluding carboxylic acids is 3. The van der Waals surface area contributed by atoms with Gasteiger partial charge in [-0.2, -0.15) is 0 Å². The van der Waals surface area contributed by atoms with E-state index in [0.717, 1.165) is 23.1 Å². The fraction of sp³-hybridized carbons (Fsp3) is 0.257. The Morgan fingerprint density at radius 1 is 0.894 bits per heavy atom. The van der Waals surface area contributed by atoms with Crippen molar-refractivity contribution >= 4 is 34.5 Å². The third-order valence-corrected chi connectivity index (χ3v) is 8.52. The van der Waals surface area contributed by atoms with Crippen LogP contribution in [0.3, 0.4) is 0 Å². The lowest BCUT2D eigenvalue weighted by atomic mass is 9.74. The molecule has 240 valence electrons. The highest BCUT2D eigenvalue weighted by molar-refractivity contribution is 6.06. The number of esters is 2. The molecule has 0 unspecified atom stereocenters. The number of fused-ring (bicyclic) bond motifs is 2. The van der Waals surface area contributed by atoms with Crippen LogP contribution in [0.15, 0.2) is 99.3 Å². The van der Waals surface area contributed by atoms with Crippen molar-refractivity contribution in [3.63, 3.8) is 0 Å². The highest BCUT2D eigenvalue weighted by atomic mass is 16.6. The van der Waals surface area contributed by atoms with Crippen molar-refractivity contribution < 1.29 is 37.9 Å². The van der Waals surface area contributed by atoms with Gasteiger partial charge < -0.3 is 23.5 Å². The lowest BCUT2D eigenvalue weighted by molar-refractivity contribution is -0.384. The predicted molar refractivity (Wildman–Crippen MR) is 167 cm³/mol. The Labute approximate surface area is 268 Å². The topological polar surface area (TPSA) is 155 Å². The van der Waals surface area contributed by atoms with Crippen LogP contribution in [-0.2, 0) is 20.9 Å². The molecule has 0 N–H and O–H groups in total. The minimum atomic E-state index is -0.992. The van der Waals surface area contributed by atoms with E-state index >= 15 is 0 Å². The molecule has 1 amide bonds. The number of rotatable bonds is 10. The van der Waals surface area contributed by atoms with E-state index in [2.05, 4.69) is 0 Å². The molecule has 2 aliphatic heterocycles. The smallest absolute Gasteiger partial charge is 0.363 e. The summed E-state index contributed by atoms with van der Waals surface area (Å²) in [6.07, 6.45) is 0. The van der Waals surface area contributed by atoms with Crippen LogP contribution in [0.1, 0.15) is 36.7 Å². The maximum absolute atomic E-state index is 13.4. The first-order valence-electron chi connectivity index (χ1n) is 15.0. The van der Waals surface area contributed by atoms with Gasteiger partial charge in [-0.15, -0.1) is 0 Å². The van der Waals surface area contributed by atoms with Gasteiger partial charge in [0.2, 0.25) is 5.91 Å². The third-order valence-electron chi connectivity index (χ3n) is 8.52. The highest BCUT2D eigenvalue weighted by Gasteiger charge is 2.59. The first-order chi connectivity index (χ1) is 22.5. The standard InChI is InChI=1S/C35H30N2O10/c1-19(2)30-31-20(3)27(32(36(31)33(30)39)35(41)47-34(40)23-6-10-24(11-7-23)37(42)43)18-45-25-12-4-21(5-13-25)17-44-26-14-8-22-9-15-29(38)46-28(22)16-26/h4-16,19-20,30-31H,17-18H2,1-3H3/t20-,30+,31+/m0/s1. The Kier molecular flexibility index (Phi) is 8.33. The summed E-state index contributed by atoms with van der Waals surface area (Å²) in [5.41, 5.74) is 1.10. The second-order valence-corrected chi connectivity index (χ2v) is 11.8. The summed E-state index contributed by atoms with van der Waals surface area (Å²) in [5, 5.41) is 11.7. The average Bonchev–Trinajstić information content (AvgIpc) is 3.30. The number of carbonyl (C=O) groups is 3. The molecule has 3 atom stereocenters. The molecule has 3 aromatic carbocycles. The van der Waals surface area contributed by atoms with E-state index < -0.39 is 22.5 Å². The second kappa shape index (κ2) is 12.5. The zero-order valence-electron chi connectivity index (χ0n) is 25.7. The second-order valence-electron chi connectivity index (χ2n) is 11.8. The molecule has 0 saturated carbocycles. The quantitative estimate of drug-likeness (QED) is 0.0548. The van der Waals surface area contributed by atoms with Crippen molar-refractivity contribution in [2.75, 3.05) is 6.61 Å². The minimum Gasteiger partial charge on any atom is -0.489 e. The molecule has 6 rings (SSSR count). The van der Waals surface area contributed by atoms with Gasteiger partial charge in [-0.3, -0.25) is 14.9 Å². The van der Waals surface area contributed by atoms with Crippen molar-refractivity contribution in [3.05, 3.63) is 122 Å². The number of ether oxygens (including phenoxy) is 3. The lowest BCUT2D eigenvalue weighted by Crippen LogP contribution is -2.62. The molecular formula is C35H30N2O10. The molecule has 3 heterocycles. The fourth-order valence-electron chi connectivity index (χ4n) is 6.06. The van der Waals surface area contributed by atoms with E-state index in [9.17, 15) is 29.3 Å². The average molecular weight is 639 g/mol. The Balaban J connectivity index is 1.15. The van der Waals surface area contributed by atoms with E-state index in [0.29, 0.717) is 22.7 Å². The molecule has 12 nitrogen and oxygen atoms in total. The number of hydrogen-bond donors (Lipinski definition) is 0. The van der Waals surface area contributed by atoms with Gasteiger partial charge in [-0.05, 0) is 53.9 Å². The Hall–Kier alpha value is -5.78. The molecule has 1 saturated heterocycles. The molecule has 0 bridgehead atoms. The Morgan fingerprint density at radius 2 is 1.55 bits per heavy atom. The van der Waals surface area contributed by atoms with Gasteiger partial charge in [0.25, 0.3) is 5.69 Å². The molecule has 2 aliphatic rings. The van der Waals surface area contributed by atoms with E-state index in [1.54, 1.807) is 36.4 Å². The van der Waals surface area contributed by atoms with Crippen LogP contribution >= 0.6 is 0 Å². The predicted octanol–water partition coefficient (Wildman–Crippen LogP) is 5.43. The zero-order valence-corrected chi connectivity index (χ0v) is 25.7. The van der Waals surface area contributed by atoms with Crippen molar-refractivity contribution in [1.29, 1.82) is 0 Å². The summed E-state index contributed by atoms with van der Waals surface area (Å²) in [4.78, 5) is 62.6. The van der Waals surface area contributed by atoms with Gasteiger partial charge in [0.05, 0.1) is 22.4 Å². The number of nitro groups is 1. The van der Waals surface area contributed by atoms with Gasteiger partial charge >= 0.3 is 17.6 Å². The first kappa shape index (κ1) is 31.2. The summed E-state index contributed by atoms with van der Waals surface area (Å²) >= 11 is 0. The molecule has 0 radical (unpaired) electrons. The molecule has 0 aliphatic carbocycles. The van der Waals surface area contributed by atoms with Gasteiger partial charge in [-0.1, -0.05) is 32.9 Å². The van der Waals surface area contributed by atoms with Gasteiger partial charge in [0, 0.05) is 41.1 Å². The van der Waals surface area contributed by atoms with Crippen molar-refractivity contribution in [3.8, 4) is 11.5 Å². The lowest BCUT2D eigenvalue weighted by Gasteiger charge is -2.47. The molecule has 1 fully saturated rings. The van der Waals surface area contributed by atoms with Crippen LogP contribution in [-0.4, -0.2) is 40.3 Å². The highest BCUT2D eigenvalue weighted by Crippen LogP contribution is 2.48. The number of β-lactam (4-membered cyclic amide) rings is 1. The molecule has 1 aromatic heterocycles. The van der Waals surface area contributed by atoms with E-state index in [1.165, 1.54) is 23.1 Å². The van der Waals surface area contributed by atoms with Gasteiger partial charge in [0.15, 0.2) is 0 Å². The van der Waals surface area contributed by atoms with Crippen molar-refractivity contribution in [1.82, 2.24) is 4.90 Å². The summed E-state index contributed by atoms with van der Waals surface area (Å²) < 4.78 is 22.3. The largest absolute Gasteiger partial charge is 0.489 e. The first-order valence-corrected chi connectivity index (χ1v) is 15.0. The van der Waals surface area contributed by atoms with Crippen molar-refractivity contribution in [2.45, 2.75) is 33.4 Å². The number of amides is 1. The maximum atomic E-state index is 13.4. The fourth-order valence-corrected chi connectivity index (χ4v) is 6.06. The van der Waals surface area contributed by atoms with Crippen LogP contribution in [0.25, 0.3) is 11.0 Å². The van der Waals surface area contributed by atoms with Crippen LogP contribution in [0, 0.1) is 27.9 Å². The monoisotopic (exact) mass is 638 g/mol. The summed E-state index contributed by atoms with van der Waals surface area (Å²) in [5.74, 6) is -1.65. The number of hydrogen-bond acceptors (Lipinski definition) is 10. The minimum absolute atomic E-state index is 0.0177. The van der Waals surface area contributed by atoms with Crippen LogP contribution in [0.4, 0.5) is 5.69 Å². The van der Waals surface area contributed by atoms with Crippen LogP contribution in [0.5, 0.6) is 11.5 Å². The summed E-state index contributed by atoms with van der Waals surface area (Å²) in [6.45, 7) is 6.02. The maximum Gasteiger partial charge on any atom is 0.363 e. The summed E-state index contributed by atoms with van der Waals surface area (Å²) in [7, 11) is 0. The van der Waals surface area contributed by atoms with Gasteiger partial charge in [0.1, 0.15) is 36.0 Å². The number of benzene rings is 3. The van der Waals surface area contributed by atoms with Crippen molar-refractivity contribution in [2.24, 2.45) is 17.8 Å². The number of nitrogens with zero attached hydrogens (tertiary/aromatic N) is 2. The van der Waals surface area contributed by atoms with Gasteiger partial charge in [-0.25, -0.2) is 14.4 Å². The number of non-ortho nitro benzene ring substituents is 1. The molecule has 12 heteroatoms. The van der Waals surface area contributed by atoms with Crippen LogP contribution < -0.4 is 15.1 Å². The Morgan fingerprint density at radius 3 is 2.23 bits per heavy atom. The third kappa shape index (κ3) is 6.09. The zero-order chi connectivity index (χ0) is 33.4. The molecule has 47 heavy (non-hydrogen) atoms. The van der Waals surface area contributed by atoms with Crippen LogP contribution in [0.2, 0.25) is 0 Å². The Bertz CT molecular complexity index is 1980. The van der Waals surface area contributed by atoms with E-state index in [4.69, 9.17) is 18.6 Å². The molecular weight excluding hydrogens is 608 g/mol. The SMILES string of the molecule is CC(C)[C@H]1C(=O)N2C(C(=O)OC(=O)c3ccc([N+](=O)[O-])cc3)=C(COc3ccc(COc4ccc5ccc(=O)oc5c4)cc3)[C@H](C)[C@H]12. The normalized spacial score (nSPS) is 18.6. The molecule has 4 aromatic rings. The van der Waals surface area contributed by atoms with E-state index in [1.807, 2.05) is 32.9 Å². The van der Waals surface area contributed by atoms with E-state index in [-0.39, 0.29) is 59.9 Å².